The molecule has 26 heavy (non-hydrogen) atoms. The van der Waals surface area contributed by atoms with Crippen LogP contribution in [0.4, 0.5) is 0 Å². The van der Waals surface area contributed by atoms with Crippen LogP contribution in [-0.4, -0.2) is 79.1 Å². The molecule has 5 heteroatoms. The van der Waals surface area contributed by atoms with Crippen LogP contribution in [0.3, 0.4) is 0 Å². The van der Waals surface area contributed by atoms with E-state index in [1.54, 1.807) is 0 Å². The van der Waals surface area contributed by atoms with Crippen LogP contribution < -0.4 is 4.74 Å². The maximum Gasteiger partial charge on any atom is 0.253 e. The molecule has 4 rings (SSSR count). The maximum atomic E-state index is 12.8. The van der Waals surface area contributed by atoms with Crippen molar-refractivity contribution in [3.05, 3.63) is 29.8 Å². The number of nitrogens with zero attached hydrogens (tertiary/aromatic N) is 3. The van der Waals surface area contributed by atoms with E-state index in [1.807, 2.05) is 29.2 Å². The summed E-state index contributed by atoms with van der Waals surface area (Å²) >= 11 is 0. The number of piperidine rings is 1. The largest absolute Gasteiger partial charge is 0.492 e. The van der Waals surface area contributed by atoms with Gasteiger partial charge < -0.3 is 9.64 Å². The van der Waals surface area contributed by atoms with Crippen LogP contribution in [0.2, 0.25) is 0 Å². The van der Waals surface area contributed by atoms with Crippen LogP contribution in [0.1, 0.15) is 42.5 Å². The van der Waals surface area contributed by atoms with Gasteiger partial charge in [0.25, 0.3) is 5.91 Å². The Morgan fingerprint density at radius 3 is 2.58 bits per heavy atom. The number of carbonyl (C=O) groups excluding carboxylic acids is 1. The summed E-state index contributed by atoms with van der Waals surface area (Å²) in [5.74, 6) is 1.02. The van der Waals surface area contributed by atoms with Crippen LogP contribution in [0.15, 0.2) is 24.3 Å². The monoisotopic (exact) mass is 357 g/mol. The predicted octanol–water partition coefficient (Wildman–Crippen LogP) is 2.47. The van der Waals surface area contributed by atoms with E-state index in [9.17, 15) is 4.79 Å². The zero-order valence-corrected chi connectivity index (χ0v) is 15.7. The molecule has 1 aromatic rings. The molecule has 0 spiro atoms. The lowest BCUT2D eigenvalue weighted by Gasteiger charge is -2.37. The van der Waals surface area contributed by atoms with Gasteiger partial charge in [0.1, 0.15) is 12.4 Å². The minimum absolute atomic E-state index is 0.163. The molecular formula is C21H31N3O2. The highest BCUT2D eigenvalue weighted by Gasteiger charge is 2.32. The Balaban J connectivity index is 1.26. The van der Waals surface area contributed by atoms with Gasteiger partial charge in [-0.05, 0) is 69.6 Å². The standard InChI is InChI=1S/C21H31N3O2/c25-21(24-14-13-23-12-4-5-19(23)17-24)18-6-8-20(9-7-18)26-16-15-22-10-2-1-3-11-22/h6-9,19H,1-5,10-17H2. The van der Waals surface area contributed by atoms with Gasteiger partial charge in [0, 0.05) is 37.8 Å². The van der Waals surface area contributed by atoms with Crippen molar-refractivity contribution >= 4 is 5.91 Å². The van der Waals surface area contributed by atoms with Crippen molar-refractivity contribution in [3.63, 3.8) is 0 Å². The number of likely N-dealkylation sites (tertiary alicyclic amines) is 1. The Bertz CT molecular complexity index is 598. The summed E-state index contributed by atoms with van der Waals surface area (Å²) in [6.07, 6.45) is 6.49. The smallest absolute Gasteiger partial charge is 0.253 e. The van der Waals surface area contributed by atoms with Crippen LogP contribution in [-0.2, 0) is 0 Å². The quantitative estimate of drug-likeness (QED) is 0.811. The Kier molecular flexibility index (Phi) is 5.75. The Labute approximate surface area is 156 Å². The summed E-state index contributed by atoms with van der Waals surface area (Å²) in [5, 5.41) is 0. The van der Waals surface area contributed by atoms with Gasteiger partial charge in [-0.25, -0.2) is 0 Å². The van der Waals surface area contributed by atoms with Crippen LogP contribution in [0.5, 0.6) is 5.75 Å². The van der Waals surface area contributed by atoms with Gasteiger partial charge in [0.05, 0.1) is 0 Å². The summed E-state index contributed by atoms with van der Waals surface area (Å²) in [5.41, 5.74) is 0.778. The highest BCUT2D eigenvalue weighted by atomic mass is 16.5. The molecule has 0 saturated carbocycles. The molecular weight excluding hydrogens is 326 g/mol. The first-order valence-corrected chi connectivity index (χ1v) is 10.3. The molecule has 0 aromatic heterocycles. The number of piperazine rings is 1. The molecule has 0 radical (unpaired) electrons. The molecule has 0 aliphatic carbocycles. The van der Waals surface area contributed by atoms with Gasteiger partial charge in [-0.1, -0.05) is 6.42 Å². The van der Waals surface area contributed by atoms with E-state index in [4.69, 9.17) is 4.74 Å². The van der Waals surface area contributed by atoms with Gasteiger partial charge in [-0.2, -0.15) is 0 Å². The third kappa shape index (κ3) is 4.21. The van der Waals surface area contributed by atoms with E-state index >= 15 is 0 Å². The van der Waals surface area contributed by atoms with E-state index in [0.717, 1.165) is 44.1 Å². The number of fused-ring (bicyclic) bond motifs is 1. The highest BCUT2D eigenvalue weighted by molar-refractivity contribution is 5.94. The number of benzene rings is 1. The molecule has 3 aliphatic heterocycles. The van der Waals surface area contributed by atoms with Crippen LogP contribution >= 0.6 is 0 Å². The van der Waals surface area contributed by atoms with Crippen molar-refractivity contribution in [2.24, 2.45) is 0 Å². The van der Waals surface area contributed by atoms with E-state index in [2.05, 4.69) is 9.80 Å². The van der Waals surface area contributed by atoms with Crippen molar-refractivity contribution in [2.45, 2.75) is 38.1 Å². The summed E-state index contributed by atoms with van der Waals surface area (Å²) in [6.45, 7) is 8.07. The number of hydrogen-bond acceptors (Lipinski definition) is 4. The number of rotatable bonds is 5. The SMILES string of the molecule is O=C(c1ccc(OCCN2CCCCC2)cc1)N1CCN2CCCC2C1. The topological polar surface area (TPSA) is 36.0 Å². The summed E-state index contributed by atoms with van der Waals surface area (Å²) < 4.78 is 5.87. The van der Waals surface area contributed by atoms with E-state index in [1.165, 1.54) is 51.7 Å². The third-order valence-electron chi connectivity index (χ3n) is 6.10. The first-order valence-electron chi connectivity index (χ1n) is 10.3. The highest BCUT2D eigenvalue weighted by Crippen LogP contribution is 2.23. The normalized spacial score (nSPS) is 24.5. The molecule has 142 valence electrons. The molecule has 0 bridgehead atoms. The Morgan fingerprint density at radius 1 is 0.962 bits per heavy atom. The van der Waals surface area contributed by atoms with E-state index < -0.39 is 0 Å². The second-order valence-electron chi connectivity index (χ2n) is 7.86. The third-order valence-corrected chi connectivity index (χ3v) is 6.10. The van der Waals surface area contributed by atoms with E-state index in [0.29, 0.717) is 6.04 Å². The minimum atomic E-state index is 0.163. The van der Waals surface area contributed by atoms with Gasteiger partial charge in [0.2, 0.25) is 0 Å². The fourth-order valence-corrected chi connectivity index (χ4v) is 4.53. The molecule has 1 unspecified atom stereocenters. The molecule has 3 heterocycles. The minimum Gasteiger partial charge on any atom is -0.492 e. The summed E-state index contributed by atoms with van der Waals surface area (Å²) in [6, 6.07) is 8.29. The lowest BCUT2D eigenvalue weighted by molar-refractivity contribution is 0.0571. The lowest BCUT2D eigenvalue weighted by atomic mass is 10.1. The van der Waals surface area contributed by atoms with Crippen LogP contribution in [0, 0.1) is 0 Å². The fraction of sp³-hybridized carbons (Fsp3) is 0.667. The van der Waals surface area contributed by atoms with E-state index in [-0.39, 0.29) is 5.91 Å². The number of carbonyl (C=O) groups is 1. The molecule has 1 amide bonds. The van der Waals surface area contributed by atoms with Crippen molar-refractivity contribution in [2.75, 3.05) is 52.4 Å². The maximum absolute atomic E-state index is 12.8. The Morgan fingerprint density at radius 2 is 1.77 bits per heavy atom. The second kappa shape index (κ2) is 8.40. The van der Waals surface area contributed by atoms with Crippen molar-refractivity contribution in [3.8, 4) is 5.75 Å². The molecule has 1 aromatic carbocycles. The lowest BCUT2D eigenvalue weighted by Crippen LogP contribution is -2.52. The molecule has 5 nitrogen and oxygen atoms in total. The van der Waals surface area contributed by atoms with Crippen molar-refractivity contribution in [1.29, 1.82) is 0 Å². The number of ether oxygens (including phenoxy) is 1. The van der Waals surface area contributed by atoms with Gasteiger partial charge in [0.15, 0.2) is 0 Å². The fourth-order valence-electron chi connectivity index (χ4n) is 4.53. The molecule has 3 saturated heterocycles. The van der Waals surface area contributed by atoms with Gasteiger partial charge in [-0.15, -0.1) is 0 Å². The Hall–Kier alpha value is -1.59. The zero-order chi connectivity index (χ0) is 17.8. The summed E-state index contributed by atoms with van der Waals surface area (Å²) in [4.78, 5) is 19.8. The molecule has 3 aliphatic rings. The molecule has 1 atom stereocenters. The zero-order valence-electron chi connectivity index (χ0n) is 15.7. The molecule has 3 fully saturated rings. The first kappa shape index (κ1) is 17.8. The number of amides is 1. The van der Waals surface area contributed by atoms with Gasteiger partial charge >= 0.3 is 0 Å². The van der Waals surface area contributed by atoms with Crippen LogP contribution in [0.25, 0.3) is 0 Å². The average Bonchev–Trinajstić information content (AvgIpc) is 3.17. The van der Waals surface area contributed by atoms with Crippen molar-refractivity contribution < 1.29 is 9.53 Å². The van der Waals surface area contributed by atoms with Crippen molar-refractivity contribution in [1.82, 2.24) is 14.7 Å². The first-order chi connectivity index (χ1) is 12.8. The van der Waals surface area contributed by atoms with Gasteiger partial charge in [-0.3, -0.25) is 14.6 Å². The summed E-state index contributed by atoms with van der Waals surface area (Å²) in [7, 11) is 0. The molecule has 0 N–H and O–H groups in total. The second-order valence-corrected chi connectivity index (χ2v) is 7.86. The predicted molar refractivity (Wildman–Crippen MR) is 103 cm³/mol. The number of hydrogen-bond donors (Lipinski definition) is 0. The average molecular weight is 357 g/mol.